The largest absolute Gasteiger partial charge is 0.379 e. The molecule has 0 aromatic carbocycles. The van der Waals surface area contributed by atoms with Crippen LogP contribution in [-0.2, 0) is 4.74 Å². The summed E-state index contributed by atoms with van der Waals surface area (Å²) in [6.07, 6.45) is 0. The fourth-order valence-corrected chi connectivity index (χ4v) is 3.10. The Morgan fingerprint density at radius 3 is 2.76 bits per heavy atom. The third kappa shape index (κ3) is 2.59. The number of hydrogen-bond acceptors (Lipinski definition) is 6. The number of nitrogens with zero attached hydrogens (tertiary/aromatic N) is 4. The molecule has 3 heterocycles. The monoisotopic (exact) mass is 254 g/mol. The number of hydrogen-bond donors (Lipinski definition) is 0. The molecule has 0 saturated carbocycles. The quantitative estimate of drug-likeness (QED) is 0.791. The number of ether oxygens (including phenoxy) is 1. The second kappa shape index (κ2) is 4.88. The van der Waals surface area contributed by atoms with Gasteiger partial charge in [0.05, 0.1) is 13.2 Å². The van der Waals surface area contributed by atoms with Crippen LogP contribution in [-0.4, -0.2) is 60.2 Å². The van der Waals surface area contributed by atoms with Gasteiger partial charge in [-0.05, 0) is 6.92 Å². The molecular weight excluding hydrogens is 236 g/mol. The van der Waals surface area contributed by atoms with Gasteiger partial charge in [0.1, 0.15) is 5.82 Å². The maximum Gasteiger partial charge on any atom is 0.205 e. The number of rotatable bonds is 3. The molecule has 2 saturated heterocycles. The van der Waals surface area contributed by atoms with Crippen molar-refractivity contribution in [1.29, 1.82) is 0 Å². The zero-order chi connectivity index (χ0) is 11.7. The number of morpholine rings is 1. The van der Waals surface area contributed by atoms with Crippen molar-refractivity contribution in [3.05, 3.63) is 5.82 Å². The van der Waals surface area contributed by atoms with E-state index in [-0.39, 0.29) is 0 Å². The average molecular weight is 254 g/mol. The van der Waals surface area contributed by atoms with E-state index in [2.05, 4.69) is 19.2 Å². The molecule has 0 radical (unpaired) electrons. The maximum absolute atomic E-state index is 5.36. The van der Waals surface area contributed by atoms with Crippen LogP contribution in [0.15, 0.2) is 0 Å². The molecule has 5 nitrogen and oxygen atoms in total. The third-order valence-electron chi connectivity index (χ3n) is 3.36. The molecule has 94 valence electrons. The Hall–Kier alpha value is -0.720. The molecule has 2 aliphatic rings. The average Bonchev–Trinajstić information content (AvgIpc) is 2.71. The first-order chi connectivity index (χ1) is 8.31. The van der Waals surface area contributed by atoms with Crippen molar-refractivity contribution < 1.29 is 4.74 Å². The van der Waals surface area contributed by atoms with Crippen molar-refractivity contribution in [3.8, 4) is 0 Å². The zero-order valence-corrected chi connectivity index (χ0v) is 10.9. The summed E-state index contributed by atoms with van der Waals surface area (Å²) in [4.78, 5) is 9.25. The van der Waals surface area contributed by atoms with E-state index in [9.17, 15) is 0 Å². The Labute approximate surface area is 106 Å². The van der Waals surface area contributed by atoms with Gasteiger partial charge in [-0.25, -0.2) is 4.98 Å². The maximum atomic E-state index is 5.36. The highest BCUT2D eigenvalue weighted by atomic mass is 32.1. The van der Waals surface area contributed by atoms with E-state index >= 15 is 0 Å². The van der Waals surface area contributed by atoms with Crippen LogP contribution in [0, 0.1) is 12.8 Å². The van der Waals surface area contributed by atoms with Gasteiger partial charge in [-0.2, -0.15) is 4.37 Å². The van der Waals surface area contributed by atoms with Crippen molar-refractivity contribution in [3.63, 3.8) is 0 Å². The topological polar surface area (TPSA) is 41.5 Å². The van der Waals surface area contributed by atoms with Gasteiger partial charge in [-0.1, -0.05) is 0 Å². The van der Waals surface area contributed by atoms with Crippen molar-refractivity contribution in [1.82, 2.24) is 14.3 Å². The van der Waals surface area contributed by atoms with E-state index in [1.54, 1.807) is 0 Å². The molecule has 0 bridgehead atoms. The van der Waals surface area contributed by atoms with Crippen LogP contribution < -0.4 is 4.90 Å². The molecule has 0 unspecified atom stereocenters. The molecule has 2 fully saturated rings. The summed E-state index contributed by atoms with van der Waals surface area (Å²) >= 11 is 1.51. The lowest BCUT2D eigenvalue weighted by molar-refractivity contribution is 0.0285. The van der Waals surface area contributed by atoms with Crippen LogP contribution in [0.25, 0.3) is 0 Å². The Kier molecular flexibility index (Phi) is 3.26. The standard InChI is InChI=1S/C11H18N4OS/c1-9-12-11(17-13-9)15-7-10(8-15)6-14-2-4-16-5-3-14/h10H,2-8H2,1H3. The van der Waals surface area contributed by atoms with Gasteiger partial charge in [-0.15, -0.1) is 0 Å². The molecular formula is C11H18N4OS. The first kappa shape index (κ1) is 11.4. The van der Waals surface area contributed by atoms with E-state index in [1.165, 1.54) is 18.1 Å². The Balaban J connectivity index is 1.45. The smallest absolute Gasteiger partial charge is 0.205 e. The molecule has 1 aromatic rings. The van der Waals surface area contributed by atoms with Crippen LogP contribution in [0.4, 0.5) is 5.13 Å². The molecule has 3 rings (SSSR count). The summed E-state index contributed by atoms with van der Waals surface area (Å²) in [5, 5.41) is 1.08. The molecule has 1 aromatic heterocycles. The van der Waals surface area contributed by atoms with Gasteiger partial charge in [0.25, 0.3) is 0 Å². The normalized spacial score (nSPS) is 22.8. The van der Waals surface area contributed by atoms with Crippen molar-refractivity contribution in [2.75, 3.05) is 50.8 Å². The summed E-state index contributed by atoms with van der Waals surface area (Å²) in [7, 11) is 0. The van der Waals surface area contributed by atoms with Crippen molar-refractivity contribution >= 4 is 16.7 Å². The molecule has 0 N–H and O–H groups in total. The fourth-order valence-electron chi connectivity index (χ4n) is 2.40. The lowest BCUT2D eigenvalue weighted by Gasteiger charge is -2.42. The van der Waals surface area contributed by atoms with Gasteiger partial charge >= 0.3 is 0 Å². The molecule has 0 amide bonds. The second-order valence-corrected chi connectivity index (χ2v) is 5.54. The summed E-state index contributed by atoms with van der Waals surface area (Å²) in [6, 6.07) is 0. The lowest BCUT2D eigenvalue weighted by Crippen LogP contribution is -2.53. The number of anilines is 1. The zero-order valence-electron chi connectivity index (χ0n) is 10.1. The van der Waals surface area contributed by atoms with E-state index in [1.807, 2.05) is 6.92 Å². The SMILES string of the molecule is Cc1nsc(N2CC(CN3CCOCC3)C2)n1. The lowest BCUT2D eigenvalue weighted by atomic mass is 10.0. The fraction of sp³-hybridized carbons (Fsp3) is 0.818. The minimum absolute atomic E-state index is 0.789. The molecule has 0 spiro atoms. The van der Waals surface area contributed by atoms with Crippen LogP contribution in [0.3, 0.4) is 0 Å². The van der Waals surface area contributed by atoms with E-state index in [4.69, 9.17) is 4.74 Å². The Morgan fingerprint density at radius 2 is 2.12 bits per heavy atom. The predicted molar refractivity (Wildman–Crippen MR) is 67.6 cm³/mol. The second-order valence-electron chi connectivity index (χ2n) is 4.81. The van der Waals surface area contributed by atoms with E-state index in [0.29, 0.717) is 0 Å². The van der Waals surface area contributed by atoms with E-state index < -0.39 is 0 Å². The van der Waals surface area contributed by atoms with Crippen LogP contribution in [0.5, 0.6) is 0 Å². The summed E-state index contributed by atoms with van der Waals surface area (Å²) in [6.45, 7) is 9.39. The summed E-state index contributed by atoms with van der Waals surface area (Å²) < 4.78 is 9.58. The van der Waals surface area contributed by atoms with E-state index in [0.717, 1.165) is 56.3 Å². The Bertz CT molecular complexity index is 371. The number of aryl methyl sites for hydroxylation is 1. The van der Waals surface area contributed by atoms with Gasteiger partial charge in [-0.3, -0.25) is 4.90 Å². The van der Waals surface area contributed by atoms with Gasteiger partial charge in [0.15, 0.2) is 0 Å². The molecule has 2 aliphatic heterocycles. The molecule has 0 aliphatic carbocycles. The third-order valence-corrected chi connectivity index (χ3v) is 4.23. The van der Waals surface area contributed by atoms with Gasteiger partial charge < -0.3 is 9.64 Å². The van der Waals surface area contributed by atoms with Crippen molar-refractivity contribution in [2.24, 2.45) is 5.92 Å². The highest BCUT2D eigenvalue weighted by Gasteiger charge is 2.30. The van der Waals surface area contributed by atoms with Crippen molar-refractivity contribution in [2.45, 2.75) is 6.92 Å². The van der Waals surface area contributed by atoms with Gasteiger partial charge in [0.2, 0.25) is 5.13 Å². The Morgan fingerprint density at radius 1 is 1.35 bits per heavy atom. The van der Waals surface area contributed by atoms with Crippen LogP contribution in [0.1, 0.15) is 5.82 Å². The van der Waals surface area contributed by atoms with Crippen LogP contribution >= 0.6 is 11.5 Å². The molecule has 6 heteroatoms. The van der Waals surface area contributed by atoms with Crippen LogP contribution in [0.2, 0.25) is 0 Å². The first-order valence-electron chi connectivity index (χ1n) is 6.16. The minimum atomic E-state index is 0.789. The summed E-state index contributed by atoms with van der Waals surface area (Å²) in [5.41, 5.74) is 0. The highest BCUT2D eigenvalue weighted by Crippen LogP contribution is 2.26. The number of aromatic nitrogens is 2. The minimum Gasteiger partial charge on any atom is -0.379 e. The van der Waals surface area contributed by atoms with Gasteiger partial charge in [0, 0.05) is 50.2 Å². The molecule has 17 heavy (non-hydrogen) atoms. The highest BCUT2D eigenvalue weighted by molar-refractivity contribution is 7.09. The molecule has 0 atom stereocenters. The first-order valence-corrected chi connectivity index (χ1v) is 6.94. The summed E-state index contributed by atoms with van der Waals surface area (Å²) in [5.74, 6) is 1.68. The predicted octanol–water partition coefficient (Wildman–Crippen LogP) is 0.615.